The zero-order valence-corrected chi connectivity index (χ0v) is 33.2. The summed E-state index contributed by atoms with van der Waals surface area (Å²) in [7, 11) is 0. The average Bonchev–Trinajstić information content (AvgIpc) is 3.41. The highest BCUT2D eigenvalue weighted by atomic mass is 17.3. The van der Waals surface area contributed by atoms with Crippen molar-refractivity contribution in [3.8, 4) is 0 Å². The molecule has 6 heterocycles. The van der Waals surface area contributed by atoms with Crippen LogP contribution in [0.2, 0.25) is 0 Å². The van der Waals surface area contributed by atoms with E-state index in [1.54, 1.807) is 12.1 Å². The van der Waals surface area contributed by atoms with Crippen LogP contribution in [0.3, 0.4) is 0 Å². The van der Waals surface area contributed by atoms with Crippen molar-refractivity contribution >= 4 is 40.0 Å². The molecule has 6 unspecified atom stereocenters. The van der Waals surface area contributed by atoms with E-state index in [0.717, 1.165) is 41.2 Å². The highest BCUT2D eigenvalue weighted by molar-refractivity contribution is 6.33. The number of fused-ring (bicyclic) bond motifs is 11. The molecule has 5 saturated heterocycles. The third-order valence-electron chi connectivity index (χ3n) is 14.3. The summed E-state index contributed by atoms with van der Waals surface area (Å²) in [5.41, 5.74) is 2.15. The van der Waals surface area contributed by atoms with E-state index in [0.29, 0.717) is 46.7 Å². The Bertz CT molecular complexity index is 2250. The SMILES string of the molecule is Cc1ccc2c3c(ccc2c1)C(=O)c1c(ccc2c1NC1(C)CC2O[C@@H](C)[C@@H]1OC(=O)CCC(=O)OC1OC2OC4(C)CC[C@H]5[C@H](C)CCC([C@H]1C)[C@@]25OO4)C3=O. The van der Waals surface area contributed by atoms with Gasteiger partial charge < -0.3 is 29.0 Å². The fourth-order valence-corrected chi connectivity index (χ4v) is 11.4. The van der Waals surface area contributed by atoms with Gasteiger partial charge in [-0.2, -0.15) is 0 Å². The Kier molecular flexibility index (Phi) is 8.39. The molecule has 12 heteroatoms. The maximum atomic E-state index is 14.3. The molecule has 0 aromatic heterocycles. The Morgan fingerprint density at radius 3 is 2.39 bits per heavy atom. The molecule has 12 atom stereocenters. The van der Waals surface area contributed by atoms with Gasteiger partial charge in [-0.25, -0.2) is 9.78 Å². The summed E-state index contributed by atoms with van der Waals surface area (Å²) >= 11 is 0. The zero-order valence-electron chi connectivity index (χ0n) is 33.2. The molecule has 1 spiro atoms. The fourth-order valence-electron chi connectivity index (χ4n) is 11.4. The Morgan fingerprint density at radius 2 is 1.58 bits per heavy atom. The molecule has 4 bridgehead atoms. The molecule has 3 aromatic rings. The van der Waals surface area contributed by atoms with Crippen LogP contribution in [0.4, 0.5) is 5.69 Å². The second-order valence-electron chi connectivity index (χ2n) is 18.1. The minimum atomic E-state index is -0.950. The number of hydrogen-bond acceptors (Lipinski definition) is 12. The number of rotatable bonds is 5. The monoisotopic (exact) mass is 779 g/mol. The summed E-state index contributed by atoms with van der Waals surface area (Å²) in [6, 6.07) is 13.1. The summed E-state index contributed by atoms with van der Waals surface area (Å²) in [4.78, 5) is 67.3. The molecule has 0 radical (unpaired) electrons. The number of carbonyl (C=O) groups excluding carboxylic acids is 4. The maximum Gasteiger partial charge on any atom is 0.308 e. The molecule has 1 saturated carbocycles. The minimum absolute atomic E-state index is 0.00803. The van der Waals surface area contributed by atoms with E-state index < -0.39 is 59.8 Å². The molecule has 8 aliphatic rings. The van der Waals surface area contributed by atoms with E-state index in [4.69, 9.17) is 33.5 Å². The number of anilines is 1. The predicted molar refractivity (Wildman–Crippen MR) is 204 cm³/mol. The average molecular weight is 780 g/mol. The summed E-state index contributed by atoms with van der Waals surface area (Å²) in [6.45, 7) is 11.9. The summed E-state index contributed by atoms with van der Waals surface area (Å²) in [6.07, 6.45) is 0.191. The molecular weight excluding hydrogens is 730 g/mol. The number of hydrogen-bond donors (Lipinski definition) is 1. The van der Waals surface area contributed by atoms with Crippen LogP contribution in [0.15, 0.2) is 42.5 Å². The van der Waals surface area contributed by atoms with E-state index in [2.05, 4.69) is 12.2 Å². The lowest BCUT2D eigenvalue weighted by atomic mass is 9.58. The summed E-state index contributed by atoms with van der Waals surface area (Å²) < 4.78 is 31.3. The first-order chi connectivity index (χ1) is 27.2. The Morgan fingerprint density at radius 1 is 0.842 bits per heavy atom. The maximum absolute atomic E-state index is 14.3. The first kappa shape index (κ1) is 37.1. The first-order valence-electron chi connectivity index (χ1n) is 20.5. The van der Waals surface area contributed by atoms with Crippen molar-refractivity contribution in [2.45, 2.75) is 134 Å². The zero-order chi connectivity index (χ0) is 39.8. The van der Waals surface area contributed by atoms with Crippen molar-refractivity contribution in [3.63, 3.8) is 0 Å². The van der Waals surface area contributed by atoms with Gasteiger partial charge >= 0.3 is 11.9 Å². The minimum Gasteiger partial charge on any atom is -0.457 e. The van der Waals surface area contributed by atoms with Crippen molar-refractivity contribution in [1.82, 2.24) is 0 Å². The number of ketones is 2. The third kappa shape index (κ3) is 5.50. The second kappa shape index (κ2) is 12.9. The Hall–Kier alpha value is -4.20. The summed E-state index contributed by atoms with van der Waals surface area (Å²) in [5, 5.41) is 5.21. The van der Waals surface area contributed by atoms with Crippen LogP contribution >= 0.6 is 0 Å². The van der Waals surface area contributed by atoms with Crippen molar-refractivity contribution in [2.75, 3.05) is 5.32 Å². The Labute approximate surface area is 331 Å². The van der Waals surface area contributed by atoms with E-state index in [1.807, 2.05) is 65.0 Å². The van der Waals surface area contributed by atoms with Crippen LogP contribution in [0.25, 0.3) is 10.8 Å². The third-order valence-corrected chi connectivity index (χ3v) is 14.3. The molecule has 11 rings (SSSR count). The van der Waals surface area contributed by atoms with Crippen molar-refractivity contribution in [1.29, 1.82) is 0 Å². The van der Waals surface area contributed by atoms with E-state index in [1.165, 1.54) is 0 Å². The van der Waals surface area contributed by atoms with Gasteiger partial charge in [0.25, 0.3) is 0 Å². The van der Waals surface area contributed by atoms with E-state index in [9.17, 15) is 19.2 Å². The van der Waals surface area contributed by atoms with Crippen molar-refractivity contribution in [3.05, 3.63) is 75.8 Å². The van der Waals surface area contributed by atoms with Gasteiger partial charge in [0.1, 0.15) is 0 Å². The van der Waals surface area contributed by atoms with Crippen LogP contribution in [0, 0.1) is 30.6 Å². The van der Waals surface area contributed by atoms with Crippen molar-refractivity contribution in [2.24, 2.45) is 23.7 Å². The lowest BCUT2D eigenvalue weighted by molar-refractivity contribution is -0.576. The van der Waals surface area contributed by atoms with Gasteiger partial charge in [-0.05, 0) is 81.7 Å². The standard InChI is InChI=1S/C45H49NO11/c1-21-7-10-26-25(19-21)9-11-28-35(26)38(49)29-13-12-27-32-20-43(5,46-37(27)36(29)39(28)50)40(24(4)51-32)52-33(47)15-16-34(48)53-41-23(3)31-14-8-22(2)30-17-18-44(6)55-42(54-41)45(30,31)57-56-44/h7,9-13,19,22-24,30-32,40-42,46H,8,14-18,20H2,1-6H3/t22-,23-,24+,30+,31?,32?,40+,41?,42?,43?,44?,45-/m1/s1. The highest BCUT2D eigenvalue weighted by Gasteiger charge is 2.70. The number of benzene rings is 3. The van der Waals surface area contributed by atoms with Gasteiger partial charge in [0.15, 0.2) is 29.6 Å². The molecule has 12 nitrogen and oxygen atoms in total. The topological polar surface area (TPSA) is 145 Å². The van der Waals surface area contributed by atoms with Crippen LogP contribution < -0.4 is 5.32 Å². The Balaban J connectivity index is 0.833. The van der Waals surface area contributed by atoms with Gasteiger partial charge in [-0.1, -0.05) is 49.7 Å². The number of ether oxygens (including phenoxy) is 5. The van der Waals surface area contributed by atoms with Crippen LogP contribution in [0.5, 0.6) is 0 Å². The molecule has 1 N–H and O–H groups in total. The van der Waals surface area contributed by atoms with Crippen LogP contribution in [-0.2, 0) is 43.0 Å². The van der Waals surface area contributed by atoms with Gasteiger partial charge in [-0.3, -0.25) is 19.2 Å². The molecule has 300 valence electrons. The van der Waals surface area contributed by atoms with E-state index in [-0.39, 0.29) is 42.2 Å². The molecule has 3 aromatic carbocycles. The molecule has 6 aliphatic heterocycles. The second-order valence-corrected chi connectivity index (χ2v) is 18.1. The van der Waals surface area contributed by atoms with Gasteiger partial charge in [0.2, 0.25) is 12.1 Å². The van der Waals surface area contributed by atoms with Crippen LogP contribution in [0.1, 0.15) is 129 Å². The fraction of sp³-hybridized carbons (Fsp3) is 0.556. The smallest absolute Gasteiger partial charge is 0.308 e. The molecule has 6 fully saturated rings. The number of carbonyl (C=O) groups is 4. The highest BCUT2D eigenvalue weighted by Crippen LogP contribution is 2.61. The van der Waals surface area contributed by atoms with Crippen LogP contribution in [-0.4, -0.2) is 65.2 Å². The lowest BCUT2D eigenvalue weighted by Gasteiger charge is -2.59. The predicted octanol–water partition coefficient (Wildman–Crippen LogP) is 7.40. The molecule has 2 aliphatic carbocycles. The molecule has 0 amide bonds. The molecular formula is C45H49NO11. The number of esters is 2. The first-order valence-corrected chi connectivity index (χ1v) is 20.5. The normalized spacial score (nSPS) is 38.5. The van der Waals surface area contributed by atoms with E-state index >= 15 is 0 Å². The number of nitrogens with one attached hydrogen (secondary N) is 1. The molecule has 57 heavy (non-hydrogen) atoms. The largest absolute Gasteiger partial charge is 0.457 e. The number of aryl methyl sites for hydroxylation is 1. The quantitative estimate of drug-likeness (QED) is 0.159. The van der Waals surface area contributed by atoms with Crippen molar-refractivity contribution < 1.29 is 52.6 Å². The van der Waals surface area contributed by atoms with Gasteiger partial charge in [-0.15, -0.1) is 0 Å². The van der Waals surface area contributed by atoms with Gasteiger partial charge in [0, 0.05) is 46.9 Å². The van der Waals surface area contributed by atoms with Gasteiger partial charge in [0.05, 0.1) is 41.8 Å². The summed E-state index contributed by atoms with van der Waals surface area (Å²) in [5.74, 6) is -2.18. The lowest BCUT2D eigenvalue weighted by Crippen LogP contribution is -2.70.